The van der Waals surface area contributed by atoms with E-state index in [4.69, 9.17) is 37.9 Å². The molecule has 0 radical (unpaired) electrons. The highest BCUT2D eigenvalue weighted by molar-refractivity contribution is 5.83. The SMILES string of the molecule is CC(C)C(C)C(=O)OC1(C)C2CC3CC(C2)CC1C3.CCC(C)(C)C(=O)OC(C)(C)C12CC3CC(CC(C3)C1)C2.CCC(C)(C)C(=O)OC(C)(C)C1CCC(C)CC1.CCC(C)(C)C(=O)OC1(C)C2CC3CC(C2)CC1C3.CCC(C)(C)C(=O)OC1(C)CCOC(=O)C1.CCC(C)(C)C(=O)OC1CC(C)(C)OC1=O. The molecule has 2 heterocycles. The molecule has 13 aliphatic carbocycles. The summed E-state index contributed by atoms with van der Waals surface area (Å²) >= 11 is 0. The Morgan fingerprint density at radius 3 is 1.17 bits per heavy atom. The molecule has 15 aliphatic rings. The van der Waals surface area contributed by atoms with Gasteiger partial charge in [-0.05, 0) is 362 Å². The predicted octanol–water partition coefficient (Wildman–Crippen LogP) is 21.9. The number of carbonyl (C=O) groups excluding carboxylic acids is 8. The van der Waals surface area contributed by atoms with E-state index in [9.17, 15) is 38.4 Å². The van der Waals surface area contributed by atoms with E-state index in [1.807, 2.05) is 96.9 Å². The molecule has 0 N–H and O–H groups in total. The van der Waals surface area contributed by atoms with Crippen molar-refractivity contribution in [3.05, 3.63) is 0 Å². The number of hydrogen-bond acceptors (Lipinski definition) is 16. The Morgan fingerprint density at radius 1 is 0.450 bits per heavy atom. The van der Waals surface area contributed by atoms with Crippen molar-refractivity contribution in [1.29, 1.82) is 0 Å². The maximum absolute atomic E-state index is 12.6. The van der Waals surface area contributed by atoms with Gasteiger partial charge in [0.25, 0.3) is 0 Å². The predicted molar refractivity (Wildman–Crippen MR) is 429 cm³/mol. The zero-order chi connectivity index (χ0) is 82.0. The topological polar surface area (TPSA) is 210 Å². The van der Waals surface area contributed by atoms with Crippen LogP contribution < -0.4 is 0 Å². The third-order valence-corrected chi connectivity index (χ3v) is 31.0. The van der Waals surface area contributed by atoms with Crippen molar-refractivity contribution in [3.8, 4) is 0 Å². The molecule has 626 valence electrons. The first-order chi connectivity index (χ1) is 50.1. The van der Waals surface area contributed by atoms with Crippen molar-refractivity contribution in [2.24, 2.45) is 121 Å². The number of hydrogen-bond donors (Lipinski definition) is 0. The van der Waals surface area contributed by atoms with Gasteiger partial charge in [0.1, 0.15) is 33.6 Å². The van der Waals surface area contributed by atoms with Gasteiger partial charge in [0, 0.05) is 18.3 Å². The highest BCUT2D eigenvalue weighted by Gasteiger charge is 2.62. The molecule has 15 fully saturated rings. The number of cyclic esters (lactones) is 2. The van der Waals surface area contributed by atoms with Gasteiger partial charge in [0.05, 0.1) is 46.0 Å². The van der Waals surface area contributed by atoms with Crippen LogP contribution in [0.4, 0.5) is 0 Å². The Morgan fingerprint density at radius 2 is 0.807 bits per heavy atom. The average Bonchev–Trinajstić information content (AvgIpc) is 1.04. The fourth-order valence-corrected chi connectivity index (χ4v) is 20.5. The monoisotopic (exact) mass is 1530 g/mol. The smallest absolute Gasteiger partial charge is 0.348 e. The van der Waals surface area contributed by atoms with Gasteiger partial charge in [0.15, 0.2) is 0 Å². The lowest BCUT2D eigenvalue weighted by Gasteiger charge is -2.61. The minimum Gasteiger partial charge on any atom is -0.465 e. The molecule has 12 bridgehead atoms. The van der Waals surface area contributed by atoms with Gasteiger partial charge in [-0.15, -0.1) is 0 Å². The van der Waals surface area contributed by atoms with Crippen molar-refractivity contribution in [2.75, 3.05) is 6.61 Å². The summed E-state index contributed by atoms with van der Waals surface area (Å²) in [5.41, 5.74) is -4.03. The molecule has 15 rings (SSSR count). The van der Waals surface area contributed by atoms with Gasteiger partial charge in [-0.25, -0.2) is 4.79 Å². The Hall–Kier alpha value is -4.24. The molecule has 16 heteroatoms. The normalized spacial score (nSPS) is 34.8. The number of rotatable bonds is 20. The second-order valence-corrected chi connectivity index (χ2v) is 43.3. The van der Waals surface area contributed by atoms with Crippen LogP contribution in [0.2, 0.25) is 0 Å². The van der Waals surface area contributed by atoms with E-state index in [1.54, 1.807) is 20.8 Å². The van der Waals surface area contributed by atoms with Crippen LogP contribution in [0.25, 0.3) is 0 Å². The maximum Gasteiger partial charge on any atom is 0.348 e. The minimum absolute atomic E-state index is 0.00857. The minimum atomic E-state index is -0.742. The molecule has 0 aromatic heterocycles. The number of carbonyl (C=O) groups is 8. The van der Waals surface area contributed by atoms with E-state index < -0.39 is 34.1 Å². The van der Waals surface area contributed by atoms with Crippen LogP contribution in [0, 0.1) is 121 Å². The third kappa shape index (κ3) is 22.2. The Bertz CT molecular complexity index is 3040. The zero-order valence-corrected chi connectivity index (χ0v) is 74.3. The van der Waals surface area contributed by atoms with Gasteiger partial charge in [0.2, 0.25) is 6.10 Å². The van der Waals surface area contributed by atoms with Crippen molar-refractivity contribution in [1.82, 2.24) is 0 Å². The zero-order valence-electron chi connectivity index (χ0n) is 74.3. The summed E-state index contributed by atoms with van der Waals surface area (Å²) in [5, 5.41) is 0. The lowest BCUT2D eigenvalue weighted by Crippen LogP contribution is -2.58. The molecule has 109 heavy (non-hydrogen) atoms. The molecule has 0 aromatic carbocycles. The molecule has 16 nitrogen and oxygen atoms in total. The van der Waals surface area contributed by atoms with E-state index in [0.717, 1.165) is 66.6 Å². The fraction of sp³-hybridized carbons (Fsp3) is 0.914. The van der Waals surface area contributed by atoms with Crippen LogP contribution in [0.1, 0.15) is 374 Å². The van der Waals surface area contributed by atoms with Gasteiger partial charge < -0.3 is 37.9 Å². The summed E-state index contributed by atoms with van der Waals surface area (Å²) in [5.74, 6) is 9.33. The molecule has 0 aromatic rings. The molecule has 2 aliphatic heterocycles. The first-order valence-electron chi connectivity index (χ1n) is 43.8. The molecule has 3 unspecified atom stereocenters. The second kappa shape index (κ2) is 35.1. The molecule has 3 atom stereocenters. The quantitative estimate of drug-likeness (QED) is 0.0819. The number of ether oxygens (including phenoxy) is 8. The second-order valence-electron chi connectivity index (χ2n) is 43.3. The highest BCUT2D eigenvalue weighted by atomic mass is 16.6. The van der Waals surface area contributed by atoms with Crippen molar-refractivity contribution >= 4 is 47.8 Å². The van der Waals surface area contributed by atoms with Crippen LogP contribution in [0.3, 0.4) is 0 Å². The molecular weight excluding hydrogens is 1370 g/mol. The molecule has 2 saturated heterocycles. The van der Waals surface area contributed by atoms with Gasteiger partial charge in [-0.3, -0.25) is 33.6 Å². The van der Waals surface area contributed by atoms with Crippen molar-refractivity contribution in [3.63, 3.8) is 0 Å². The van der Waals surface area contributed by atoms with E-state index >= 15 is 0 Å². The van der Waals surface area contributed by atoms with Crippen molar-refractivity contribution in [2.45, 2.75) is 413 Å². The summed E-state index contributed by atoms with van der Waals surface area (Å²) in [4.78, 5) is 95.9. The van der Waals surface area contributed by atoms with Crippen LogP contribution >= 0.6 is 0 Å². The van der Waals surface area contributed by atoms with Crippen molar-refractivity contribution < 1.29 is 76.3 Å². The standard InChI is InChI=1S/C19H32O2.2C17H28O2.C16H30O2.2C12H20O4/c1-6-17(2,3)16(20)21-18(4,5)19-10-13-7-14(11-19)9-15(8-13)12-19;1-10(2)11(3)16(18)19-17(4)14-6-12-5-13(8-14)9-15(17)7-12;1-5-16(2,3)15(18)19-17(4)13-7-11-6-12(9-13)10-14(17)8-11;1-7-15(3,4)14(17)18-16(5,6)13-10-8-12(2)9-11-13;1-6-11(2,3)10(14)15-8-7-12(4,5)16-9(8)13;1-5-11(2,3)10(14)16-12(4)6-7-15-9(13)8-12/h13-15H,6-12H2,1-5H3;10-15H,5-9H2,1-4H3;11-14H,5-10H2,1-4H3;12-13H,7-11H2,1-6H3;8H,6-7H2,1-5H3;5-8H2,1-4H3. The van der Waals surface area contributed by atoms with E-state index in [1.165, 1.54) is 128 Å². The van der Waals surface area contributed by atoms with Gasteiger partial charge >= 0.3 is 47.8 Å². The lowest BCUT2D eigenvalue weighted by atomic mass is 9.46. The van der Waals surface area contributed by atoms with Gasteiger partial charge in [-0.1, -0.05) is 75.2 Å². The Kier molecular flexibility index (Phi) is 29.6. The third-order valence-electron chi connectivity index (χ3n) is 31.0. The summed E-state index contributed by atoms with van der Waals surface area (Å²) in [6, 6.07) is 0. The van der Waals surface area contributed by atoms with E-state index in [0.29, 0.717) is 67.8 Å². The summed E-state index contributed by atoms with van der Waals surface area (Å²) in [6.07, 6.45) is 30.6. The number of esters is 8. The molecular formula is C93H158O16. The van der Waals surface area contributed by atoms with E-state index in [2.05, 4.69) is 76.2 Å². The Labute approximate surface area is 661 Å². The largest absolute Gasteiger partial charge is 0.465 e. The van der Waals surface area contributed by atoms with Crippen LogP contribution in [0.15, 0.2) is 0 Å². The molecule has 0 amide bonds. The van der Waals surface area contributed by atoms with Crippen LogP contribution in [-0.2, 0) is 76.3 Å². The summed E-state index contributed by atoms with van der Waals surface area (Å²) in [7, 11) is 0. The molecule has 13 saturated carbocycles. The first-order valence-corrected chi connectivity index (χ1v) is 43.8. The maximum atomic E-state index is 12.6. The lowest BCUT2D eigenvalue weighted by molar-refractivity contribution is -0.211. The molecule has 0 spiro atoms. The van der Waals surface area contributed by atoms with Gasteiger partial charge in [-0.2, -0.15) is 0 Å². The van der Waals surface area contributed by atoms with Crippen LogP contribution in [0.5, 0.6) is 0 Å². The average molecular weight is 1530 g/mol. The van der Waals surface area contributed by atoms with E-state index in [-0.39, 0.29) is 98.2 Å². The highest BCUT2D eigenvalue weighted by Crippen LogP contribution is 2.65. The first kappa shape index (κ1) is 91.9. The fourth-order valence-electron chi connectivity index (χ4n) is 20.5. The summed E-state index contributed by atoms with van der Waals surface area (Å²) in [6.45, 7) is 56.5. The Balaban J connectivity index is 0.000000183. The van der Waals surface area contributed by atoms with Crippen LogP contribution in [-0.4, -0.2) is 94.1 Å². The summed E-state index contributed by atoms with van der Waals surface area (Å²) < 4.78 is 44.8.